The fourth-order valence-corrected chi connectivity index (χ4v) is 3.55. The summed E-state index contributed by atoms with van der Waals surface area (Å²) in [5.41, 5.74) is 2.70. The summed E-state index contributed by atoms with van der Waals surface area (Å²) >= 11 is 3.49. The van der Waals surface area contributed by atoms with E-state index in [0.29, 0.717) is 13.0 Å². The van der Waals surface area contributed by atoms with E-state index in [0.717, 1.165) is 40.4 Å². The summed E-state index contributed by atoms with van der Waals surface area (Å²) in [7, 11) is 0. The smallest absolute Gasteiger partial charge is 0.255 e. The summed E-state index contributed by atoms with van der Waals surface area (Å²) in [5, 5.41) is 0. The van der Waals surface area contributed by atoms with Crippen LogP contribution >= 0.6 is 15.9 Å². The number of rotatable bonds is 1. The van der Waals surface area contributed by atoms with E-state index in [1.165, 1.54) is 0 Å². The highest BCUT2D eigenvalue weighted by Gasteiger charge is 2.37. The molecule has 1 heterocycles. The molecule has 1 atom stereocenters. The van der Waals surface area contributed by atoms with Crippen LogP contribution in [0.15, 0.2) is 34.8 Å². The highest BCUT2D eigenvalue weighted by atomic mass is 79.9. The molecule has 4 heteroatoms. The van der Waals surface area contributed by atoms with Gasteiger partial charge in [-0.05, 0) is 37.0 Å². The monoisotopic (exact) mass is 333 g/mol. The third kappa shape index (κ3) is 2.22. The Balaban J connectivity index is 1.90. The number of carbonyl (C=O) groups excluding carboxylic acids is 2. The Morgan fingerprint density at radius 1 is 1.30 bits per heavy atom. The maximum Gasteiger partial charge on any atom is 0.255 e. The van der Waals surface area contributed by atoms with E-state index in [1.54, 1.807) is 4.90 Å². The van der Waals surface area contributed by atoms with Crippen molar-refractivity contribution in [3.05, 3.63) is 46.0 Å². The van der Waals surface area contributed by atoms with E-state index in [4.69, 9.17) is 0 Å². The summed E-state index contributed by atoms with van der Waals surface area (Å²) in [6.45, 7) is 4.45. The summed E-state index contributed by atoms with van der Waals surface area (Å²) in [6.07, 6.45) is 2.97. The average molecular weight is 334 g/mol. The van der Waals surface area contributed by atoms with Crippen molar-refractivity contribution in [1.82, 2.24) is 4.90 Å². The highest BCUT2D eigenvalue weighted by molar-refractivity contribution is 9.10. The van der Waals surface area contributed by atoms with E-state index in [9.17, 15) is 9.59 Å². The summed E-state index contributed by atoms with van der Waals surface area (Å²) in [5.74, 6) is 0.108. The molecule has 0 spiro atoms. The molecule has 1 aliphatic carbocycles. The number of carbonyl (C=O) groups is 2. The van der Waals surface area contributed by atoms with Crippen molar-refractivity contribution in [2.24, 2.45) is 0 Å². The number of Topliss-reactive ketones (excluding diaryl/α,β-unsaturated/α-hetero) is 1. The van der Waals surface area contributed by atoms with Gasteiger partial charge in [0.25, 0.3) is 5.91 Å². The van der Waals surface area contributed by atoms with Gasteiger partial charge in [0.1, 0.15) is 0 Å². The topological polar surface area (TPSA) is 37.4 Å². The van der Waals surface area contributed by atoms with Crippen LogP contribution in [0.2, 0.25) is 0 Å². The van der Waals surface area contributed by atoms with E-state index in [1.807, 2.05) is 18.2 Å². The molecular formula is C16H16BrNO2. The lowest BCUT2D eigenvalue weighted by Gasteiger charge is -2.25. The summed E-state index contributed by atoms with van der Waals surface area (Å²) in [6, 6.07) is 5.34. The number of hydrogen-bond donors (Lipinski definition) is 0. The van der Waals surface area contributed by atoms with Crippen LogP contribution in [0.3, 0.4) is 0 Å². The molecule has 1 aliphatic heterocycles. The molecule has 0 radical (unpaired) electrons. The largest absolute Gasteiger partial charge is 0.324 e. The molecule has 3 rings (SSSR count). The Kier molecular flexibility index (Phi) is 3.50. The van der Waals surface area contributed by atoms with Crippen LogP contribution in [0.1, 0.15) is 41.6 Å². The van der Waals surface area contributed by atoms with Gasteiger partial charge < -0.3 is 4.90 Å². The Labute approximate surface area is 126 Å². The van der Waals surface area contributed by atoms with Gasteiger partial charge in [0.15, 0.2) is 5.78 Å². The molecule has 0 unspecified atom stereocenters. The van der Waals surface area contributed by atoms with Gasteiger partial charge >= 0.3 is 0 Å². The average Bonchev–Trinajstić information content (AvgIpc) is 2.64. The van der Waals surface area contributed by atoms with Gasteiger partial charge in [-0.3, -0.25) is 9.59 Å². The lowest BCUT2D eigenvalue weighted by atomic mass is 10.1. The van der Waals surface area contributed by atoms with Crippen molar-refractivity contribution in [3.8, 4) is 0 Å². The number of allylic oxidation sites excluding steroid dienone is 1. The molecule has 20 heavy (non-hydrogen) atoms. The van der Waals surface area contributed by atoms with Crippen LogP contribution in [-0.2, 0) is 11.3 Å². The van der Waals surface area contributed by atoms with E-state index < -0.39 is 0 Å². The van der Waals surface area contributed by atoms with E-state index >= 15 is 0 Å². The lowest BCUT2D eigenvalue weighted by molar-refractivity contribution is -0.122. The molecule has 1 saturated carbocycles. The number of halogens is 1. The summed E-state index contributed by atoms with van der Waals surface area (Å²) < 4.78 is 0.941. The number of hydrogen-bond acceptors (Lipinski definition) is 2. The van der Waals surface area contributed by atoms with E-state index in [2.05, 4.69) is 22.5 Å². The van der Waals surface area contributed by atoms with Crippen LogP contribution in [-0.4, -0.2) is 22.6 Å². The van der Waals surface area contributed by atoms with Crippen LogP contribution in [0.5, 0.6) is 0 Å². The third-order valence-electron chi connectivity index (χ3n) is 4.12. The van der Waals surface area contributed by atoms with Crippen molar-refractivity contribution in [2.45, 2.75) is 38.3 Å². The fourth-order valence-electron chi connectivity index (χ4n) is 3.06. The van der Waals surface area contributed by atoms with Gasteiger partial charge in [-0.2, -0.15) is 0 Å². The first-order valence-corrected chi connectivity index (χ1v) is 7.65. The van der Waals surface area contributed by atoms with Gasteiger partial charge in [-0.15, -0.1) is 0 Å². The SMILES string of the molecule is C=C1CCC[C@H](N2Cc3c(Br)cccc3C2=O)C(=O)C1. The number of ketones is 1. The fraction of sp³-hybridized carbons (Fsp3) is 0.375. The standard InChI is InChI=1S/C16H16BrNO2/c1-10-4-2-7-14(15(19)8-10)18-9-12-11(16(18)20)5-3-6-13(12)17/h3,5-6,14H,1-2,4,7-9H2/t14-/m0/s1. The van der Waals surface area contributed by atoms with Crippen LogP contribution in [0.4, 0.5) is 0 Å². The second-order valence-corrected chi connectivity index (χ2v) is 6.35. The Morgan fingerprint density at radius 3 is 2.85 bits per heavy atom. The number of benzene rings is 1. The normalized spacial score (nSPS) is 22.9. The van der Waals surface area contributed by atoms with Crippen LogP contribution in [0.25, 0.3) is 0 Å². The zero-order chi connectivity index (χ0) is 14.3. The molecule has 3 nitrogen and oxygen atoms in total. The Bertz CT molecular complexity index is 608. The molecular weight excluding hydrogens is 318 g/mol. The third-order valence-corrected chi connectivity index (χ3v) is 4.86. The highest BCUT2D eigenvalue weighted by Crippen LogP contribution is 2.33. The Hall–Kier alpha value is -1.42. The van der Waals surface area contributed by atoms with Gasteiger partial charge in [0.05, 0.1) is 6.04 Å². The molecule has 0 bridgehead atoms. The molecule has 2 aliphatic rings. The molecule has 1 fully saturated rings. The number of nitrogens with zero attached hydrogens (tertiary/aromatic N) is 1. The minimum Gasteiger partial charge on any atom is -0.324 e. The van der Waals surface area contributed by atoms with Crippen LogP contribution < -0.4 is 0 Å². The second kappa shape index (κ2) is 5.17. The van der Waals surface area contributed by atoms with Crippen molar-refractivity contribution >= 4 is 27.6 Å². The van der Waals surface area contributed by atoms with Gasteiger partial charge in [0, 0.05) is 23.0 Å². The van der Waals surface area contributed by atoms with Crippen molar-refractivity contribution in [3.63, 3.8) is 0 Å². The molecule has 0 saturated heterocycles. The summed E-state index contributed by atoms with van der Waals surface area (Å²) in [4.78, 5) is 26.6. The predicted octanol–water partition coefficient (Wildman–Crippen LogP) is 3.47. The maximum atomic E-state index is 12.5. The number of fused-ring (bicyclic) bond motifs is 1. The zero-order valence-corrected chi connectivity index (χ0v) is 12.8. The molecule has 1 aromatic carbocycles. The minimum atomic E-state index is -0.291. The lowest BCUT2D eigenvalue weighted by Crippen LogP contribution is -2.40. The first-order valence-electron chi connectivity index (χ1n) is 6.85. The molecule has 1 amide bonds. The zero-order valence-electron chi connectivity index (χ0n) is 11.2. The maximum absolute atomic E-state index is 12.5. The van der Waals surface area contributed by atoms with Crippen molar-refractivity contribution in [1.29, 1.82) is 0 Å². The Morgan fingerprint density at radius 2 is 2.10 bits per heavy atom. The first-order chi connectivity index (χ1) is 9.58. The van der Waals surface area contributed by atoms with E-state index in [-0.39, 0.29) is 17.7 Å². The molecule has 1 aromatic rings. The molecule has 104 valence electrons. The van der Waals surface area contributed by atoms with Gasteiger partial charge in [-0.1, -0.05) is 34.1 Å². The van der Waals surface area contributed by atoms with Crippen LogP contribution in [0, 0.1) is 0 Å². The predicted molar refractivity (Wildman–Crippen MR) is 80.4 cm³/mol. The molecule has 0 N–H and O–H groups in total. The number of amides is 1. The second-order valence-electron chi connectivity index (χ2n) is 5.50. The van der Waals surface area contributed by atoms with Gasteiger partial charge in [-0.25, -0.2) is 0 Å². The van der Waals surface area contributed by atoms with Gasteiger partial charge in [0.2, 0.25) is 0 Å². The first kappa shape index (κ1) is 13.6. The molecule has 0 aromatic heterocycles. The minimum absolute atomic E-state index is 0.0211. The quantitative estimate of drug-likeness (QED) is 0.582. The van der Waals surface area contributed by atoms with Crippen molar-refractivity contribution < 1.29 is 9.59 Å². The van der Waals surface area contributed by atoms with Crippen molar-refractivity contribution in [2.75, 3.05) is 0 Å².